The average Bonchev–Trinajstić information content (AvgIpc) is 2.33. The molecule has 1 saturated heterocycles. The number of hydrogen-bond acceptors (Lipinski definition) is 4. The van der Waals surface area contributed by atoms with Gasteiger partial charge in [-0.2, -0.15) is 8.42 Å². The zero-order valence-corrected chi connectivity index (χ0v) is 13.2. The molecule has 0 radical (unpaired) electrons. The second-order valence-electron chi connectivity index (χ2n) is 5.64. The normalized spacial score (nSPS) is 21.8. The van der Waals surface area contributed by atoms with Gasteiger partial charge in [-0.15, -0.1) is 0 Å². The highest BCUT2D eigenvalue weighted by atomic mass is 32.2. The molecule has 1 heterocycles. The Balaban J connectivity index is 0.000000204. The van der Waals surface area contributed by atoms with Crippen LogP contribution in [0.3, 0.4) is 0 Å². The summed E-state index contributed by atoms with van der Waals surface area (Å²) in [4.78, 5) is -0.0666. The minimum atomic E-state index is -4.02. The van der Waals surface area contributed by atoms with Crippen molar-refractivity contribution < 1.29 is 17.7 Å². The van der Waals surface area contributed by atoms with Crippen LogP contribution in [-0.2, 0) is 14.9 Å². The summed E-state index contributed by atoms with van der Waals surface area (Å²) in [7, 11) is -4.02. The van der Waals surface area contributed by atoms with Gasteiger partial charge in [0.15, 0.2) is 0 Å². The van der Waals surface area contributed by atoms with Crippen LogP contribution in [0.5, 0.6) is 0 Å². The third-order valence-corrected chi connectivity index (χ3v) is 3.79. The molecule has 2 rings (SSSR count). The third-order valence-electron chi connectivity index (χ3n) is 2.92. The van der Waals surface area contributed by atoms with Gasteiger partial charge in [-0.3, -0.25) is 4.55 Å². The SMILES string of the molecule is C[C@H]1COC(C)(C)CN1.Cc1ccc(S(=O)(=O)O)cc1. The largest absolute Gasteiger partial charge is 0.373 e. The predicted octanol–water partition coefficient (Wildman–Crippen LogP) is 2.02. The van der Waals surface area contributed by atoms with Crippen LogP contribution >= 0.6 is 0 Å². The number of rotatable bonds is 1. The van der Waals surface area contributed by atoms with Crippen LogP contribution in [-0.4, -0.2) is 37.8 Å². The Morgan fingerprint density at radius 3 is 2.20 bits per heavy atom. The van der Waals surface area contributed by atoms with Gasteiger partial charge in [0.1, 0.15) is 0 Å². The highest BCUT2D eigenvalue weighted by Gasteiger charge is 2.24. The van der Waals surface area contributed by atoms with E-state index in [0.717, 1.165) is 18.7 Å². The summed E-state index contributed by atoms with van der Waals surface area (Å²) in [5.74, 6) is 0. The lowest BCUT2D eigenvalue weighted by atomic mass is 10.1. The molecule has 114 valence electrons. The van der Waals surface area contributed by atoms with Crippen molar-refractivity contribution >= 4 is 10.1 Å². The van der Waals surface area contributed by atoms with Gasteiger partial charge in [0.25, 0.3) is 10.1 Å². The van der Waals surface area contributed by atoms with Crippen molar-refractivity contribution in [3.8, 4) is 0 Å². The summed E-state index contributed by atoms with van der Waals surface area (Å²) in [5, 5.41) is 3.35. The van der Waals surface area contributed by atoms with Crippen molar-refractivity contribution in [1.82, 2.24) is 5.32 Å². The van der Waals surface area contributed by atoms with E-state index in [1.54, 1.807) is 12.1 Å². The highest BCUT2D eigenvalue weighted by molar-refractivity contribution is 7.85. The number of ether oxygens (including phenoxy) is 1. The van der Waals surface area contributed by atoms with E-state index in [4.69, 9.17) is 9.29 Å². The molecule has 0 aromatic heterocycles. The van der Waals surface area contributed by atoms with Crippen molar-refractivity contribution in [2.75, 3.05) is 13.2 Å². The molecule has 5 nitrogen and oxygen atoms in total. The Labute approximate surface area is 121 Å². The molecular formula is C14H23NO4S. The van der Waals surface area contributed by atoms with Gasteiger partial charge in [0.05, 0.1) is 17.1 Å². The molecule has 1 atom stereocenters. The van der Waals surface area contributed by atoms with E-state index >= 15 is 0 Å². The quantitative estimate of drug-likeness (QED) is 0.776. The van der Waals surface area contributed by atoms with Crippen LogP contribution in [0, 0.1) is 6.92 Å². The van der Waals surface area contributed by atoms with Gasteiger partial charge in [-0.1, -0.05) is 17.7 Å². The van der Waals surface area contributed by atoms with Crippen molar-refractivity contribution in [1.29, 1.82) is 0 Å². The Kier molecular flexibility index (Phi) is 5.70. The summed E-state index contributed by atoms with van der Waals surface area (Å²) < 4.78 is 35.1. The molecule has 0 saturated carbocycles. The predicted molar refractivity (Wildman–Crippen MR) is 78.5 cm³/mol. The highest BCUT2D eigenvalue weighted by Crippen LogP contribution is 2.12. The molecule has 0 aliphatic carbocycles. The van der Waals surface area contributed by atoms with Crippen molar-refractivity contribution in [3.63, 3.8) is 0 Å². The van der Waals surface area contributed by atoms with Crippen LogP contribution < -0.4 is 5.32 Å². The number of aryl methyl sites for hydroxylation is 1. The summed E-state index contributed by atoms with van der Waals surface area (Å²) >= 11 is 0. The molecule has 0 bridgehead atoms. The monoisotopic (exact) mass is 301 g/mol. The molecule has 2 N–H and O–H groups in total. The molecule has 1 aliphatic rings. The standard InChI is InChI=1S/C7H15NO.C7H8O3S/c1-6-4-9-7(2,3)5-8-6;1-6-2-4-7(5-3-6)11(8,9)10/h6,8H,4-5H2,1-3H3;2-5H,1H3,(H,8,9,10)/t6-;/m0./s1. The lowest BCUT2D eigenvalue weighted by Crippen LogP contribution is -2.50. The zero-order valence-electron chi connectivity index (χ0n) is 12.4. The van der Waals surface area contributed by atoms with Crippen LogP contribution in [0.15, 0.2) is 29.2 Å². The van der Waals surface area contributed by atoms with Crippen LogP contribution in [0.1, 0.15) is 26.3 Å². The van der Waals surface area contributed by atoms with Gasteiger partial charge >= 0.3 is 0 Å². The van der Waals surface area contributed by atoms with E-state index in [1.165, 1.54) is 12.1 Å². The fraction of sp³-hybridized carbons (Fsp3) is 0.571. The maximum absolute atomic E-state index is 10.5. The maximum Gasteiger partial charge on any atom is 0.294 e. The first kappa shape index (κ1) is 17.1. The minimum Gasteiger partial charge on any atom is -0.373 e. The Bertz CT molecular complexity index is 513. The molecule has 1 aromatic rings. The fourth-order valence-electron chi connectivity index (χ4n) is 1.59. The second-order valence-corrected chi connectivity index (χ2v) is 7.06. The van der Waals surface area contributed by atoms with Crippen LogP contribution in [0.2, 0.25) is 0 Å². The first-order valence-corrected chi connectivity index (χ1v) is 7.96. The average molecular weight is 301 g/mol. The number of hydrogen-bond donors (Lipinski definition) is 2. The Morgan fingerprint density at radius 2 is 1.85 bits per heavy atom. The Hall–Kier alpha value is -0.950. The zero-order chi connectivity index (χ0) is 15.4. The van der Waals surface area contributed by atoms with Gasteiger partial charge in [-0.25, -0.2) is 0 Å². The van der Waals surface area contributed by atoms with E-state index in [9.17, 15) is 8.42 Å². The summed E-state index contributed by atoms with van der Waals surface area (Å²) in [6.07, 6.45) is 0. The number of benzene rings is 1. The topological polar surface area (TPSA) is 75.6 Å². The molecule has 1 aromatic carbocycles. The van der Waals surface area contributed by atoms with Gasteiger partial charge in [0.2, 0.25) is 0 Å². The summed E-state index contributed by atoms with van der Waals surface area (Å²) in [6.45, 7) is 9.99. The Morgan fingerprint density at radius 1 is 1.30 bits per heavy atom. The number of nitrogens with one attached hydrogen (secondary N) is 1. The first-order valence-electron chi connectivity index (χ1n) is 6.52. The molecular weight excluding hydrogens is 278 g/mol. The molecule has 1 aliphatic heterocycles. The summed E-state index contributed by atoms with van der Waals surface area (Å²) in [6, 6.07) is 6.51. The smallest absolute Gasteiger partial charge is 0.294 e. The number of morpholine rings is 1. The summed E-state index contributed by atoms with van der Waals surface area (Å²) in [5.41, 5.74) is 1.00. The molecule has 0 amide bonds. The lowest BCUT2D eigenvalue weighted by molar-refractivity contribution is -0.0549. The van der Waals surface area contributed by atoms with Crippen molar-refractivity contribution in [3.05, 3.63) is 29.8 Å². The maximum atomic E-state index is 10.5. The molecule has 0 unspecified atom stereocenters. The third kappa shape index (κ3) is 6.00. The molecule has 1 fully saturated rings. The van der Waals surface area contributed by atoms with E-state index in [1.807, 2.05) is 6.92 Å². The van der Waals surface area contributed by atoms with Gasteiger partial charge in [-0.05, 0) is 39.8 Å². The van der Waals surface area contributed by atoms with E-state index < -0.39 is 10.1 Å². The molecule has 0 spiro atoms. The van der Waals surface area contributed by atoms with E-state index in [0.29, 0.717) is 6.04 Å². The van der Waals surface area contributed by atoms with Crippen LogP contribution in [0.4, 0.5) is 0 Å². The second kappa shape index (κ2) is 6.67. The minimum absolute atomic E-state index is 0.0481. The fourth-order valence-corrected chi connectivity index (χ4v) is 2.07. The van der Waals surface area contributed by atoms with Crippen molar-refractivity contribution in [2.24, 2.45) is 0 Å². The molecule has 20 heavy (non-hydrogen) atoms. The van der Waals surface area contributed by atoms with Crippen LogP contribution in [0.25, 0.3) is 0 Å². The van der Waals surface area contributed by atoms with E-state index in [2.05, 4.69) is 26.1 Å². The van der Waals surface area contributed by atoms with E-state index in [-0.39, 0.29) is 10.5 Å². The lowest BCUT2D eigenvalue weighted by Gasteiger charge is -2.34. The molecule has 6 heteroatoms. The van der Waals surface area contributed by atoms with Gasteiger partial charge in [0, 0.05) is 12.6 Å². The first-order chi connectivity index (χ1) is 9.10. The van der Waals surface area contributed by atoms with Gasteiger partial charge < -0.3 is 10.1 Å². The van der Waals surface area contributed by atoms with Crippen molar-refractivity contribution in [2.45, 2.75) is 44.2 Å².